The van der Waals surface area contributed by atoms with Gasteiger partial charge in [-0.05, 0) is 34.1 Å². The fourth-order valence-corrected chi connectivity index (χ4v) is 2.59. The standard InChI is InChI=1S/C14H25N3O2S/c1-10(7-14(3,4)19-6)15-13(18)17(5)8-12-9-20-11(2)16-12/h9-10H,7-8H2,1-6H3,(H,15,18)/t10-/m1/s1. The van der Waals surface area contributed by atoms with Crippen molar-refractivity contribution in [1.82, 2.24) is 15.2 Å². The lowest BCUT2D eigenvalue weighted by molar-refractivity contribution is 0.00918. The number of carbonyl (C=O) groups is 1. The highest BCUT2D eigenvalue weighted by molar-refractivity contribution is 7.09. The largest absolute Gasteiger partial charge is 0.379 e. The number of aromatic nitrogens is 1. The smallest absolute Gasteiger partial charge is 0.317 e. The van der Waals surface area contributed by atoms with Gasteiger partial charge in [0.15, 0.2) is 0 Å². The van der Waals surface area contributed by atoms with Gasteiger partial charge < -0.3 is 15.0 Å². The Morgan fingerprint density at radius 2 is 2.25 bits per heavy atom. The van der Waals surface area contributed by atoms with Crippen molar-refractivity contribution in [3.63, 3.8) is 0 Å². The maximum Gasteiger partial charge on any atom is 0.317 e. The lowest BCUT2D eigenvalue weighted by Crippen LogP contribution is -2.44. The fraction of sp³-hybridized carbons (Fsp3) is 0.714. The second-order valence-corrected chi connectivity index (χ2v) is 6.79. The topological polar surface area (TPSA) is 54.5 Å². The zero-order chi connectivity index (χ0) is 15.3. The van der Waals surface area contributed by atoms with Crippen molar-refractivity contribution in [3.05, 3.63) is 16.1 Å². The van der Waals surface area contributed by atoms with Crippen molar-refractivity contribution in [1.29, 1.82) is 0 Å². The highest BCUT2D eigenvalue weighted by Gasteiger charge is 2.22. The molecule has 6 heteroatoms. The summed E-state index contributed by atoms with van der Waals surface area (Å²) in [5.74, 6) is 0. The van der Waals surface area contributed by atoms with E-state index in [1.807, 2.05) is 33.1 Å². The van der Waals surface area contributed by atoms with Gasteiger partial charge in [-0.1, -0.05) is 0 Å². The van der Waals surface area contributed by atoms with Gasteiger partial charge in [0.2, 0.25) is 0 Å². The van der Waals surface area contributed by atoms with E-state index in [9.17, 15) is 4.79 Å². The van der Waals surface area contributed by atoms with Crippen molar-refractivity contribution in [2.45, 2.75) is 52.3 Å². The molecule has 20 heavy (non-hydrogen) atoms. The van der Waals surface area contributed by atoms with Gasteiger partial charge in [-0.3, -0.25) is 0 Å². The molecule has 0 unspecified atom stereocenters. The average molecular weight is 299 g/mol. The van der Waals surface area contributed by atoms with Crippen molar-refractivity contribution in [3.8, 4) is 0 Å². The first-order valence-corrected chi connectivity index (χ1v) is 7.59. The number of rotatable bonds is 6. The molecule has 0 saturated heterocycles. The van der Waals surface area contributed by atoms with E-state index in [2.05, 4.69) is 10.3 Å². The number of nitrogens with zero attached hydrogens (tertiary/aromatic N) is 2. The van der Waals surface area contributed by atoms with Crippen molar-refractivity contribution in [2.24, 2.45) is 0 Å². The molecule has 1 atom stereocenters. The maximum atomic E-state index is 12.1. The molecular weight excluding hydrogens is 274 g/mol. The summed E-state index contributed by atoms with van der Waals surface area (Å²) in [5.41, 5.74) is 0.687. The molecule has 1 N–H and O–H groups in total. The van der Waals surface area contributed by atoms with Crippen molar-refractivity contribution >= 4 is 17.4 Å². The van der Waals surface area contributed by atoms with Crippen molar-refractivity contribution < 1.29 is 9.53 Å². The van der Waals surface area contributed by atoms with Crippen LogP contribution in [0.1, 0.15) is 37.9 Å². The molecule has 0 saturated carbocycles. The number of hydrogen-bond acceptors (Lipinski definition) is 4. The molecule has 2 amide bonds. The Kier molecular flexibility index (Phi) is 5.95. The third kappa shape index (κ3) is 5.46. The van der Waals surface area contributed by atoms with Crippen LogP contribution in [0.4, 0.5) is 4.79 Å². The van der Waals surface area contributed by atoms with Crippen LogP contribution in [0.5, 0.6) is 0 Å². The number of aryl methyl sites for hydroxylation is 1. The predicted molar refractivity (Wildman–Crippen MR) is 82.0 cm³/mol. The minimum Gasteiger partial charge on any atom is -0.379 e. The Morgan fingerprint density at radius 1 is 1.60 bits per heavy atom. The summed E-state index contributed by atoms with van der Waals surface area (Å²) >= 11 is 1.60. The van der Waals surface area contributed by atoms with E-state index < -0.39 is 0 Å². The number of methoxy groups -OCH3 is 1. The number of ether oxygens (including phenoxy) is 1. The van der Waals surface area contributed by atoms with Crippen molar-refractivity contribution in [2.75, 3.05) is 14.2 Å². The number of carbonyl (C=O) groups excluding carboxylic acids is 1. The van der Waals surface area contributed by atoms with E-state index in [0.29, 0.717) is 6.54 Å². The summed E-state index contributed by atoms with van der Waals surface area (Å²) in [4.78, 5) is 18.1. The van der Waals surface area contributed by atoms with Crippen LogP contribution >= 0.6 is 11.3 Å². The molecule has 0 spiro atoms. The van der Waals surface area contributed by atoms with Gasteiger partial charge in [0.1, 0.15) is 0 Å². The van der Waals surface area contributed by atoms with Crippen LogP contribution in [0.2, 0.25) is 0 Å². The van der Waals surface area contributed by atoms with Crippen LogP contribution in [-0.4, -0.2) is 41.7 Å². The molecule has 0 aromatic carbocycles. The molecule has 0 bridgehead atoms. The van der Waals surface area contributed by atoms with Crippen LogP contribution in [0, 0.1) is 6.92 Å². The van der Waals surface area contributed by atoms with Crippen LogP contribution in [0.15, 0.2) is 5.38 Å². The summed E-state index contributed by atoms with van der Waals surface area (Å²) < 4.78 is 5.38. The lowest BCUT2D eigenvalue weighted by atomic mass is 10.00. The summed E-state index contributed by atoms with van der Waals surface area (Å²) in [6, 6.07) is -0.0351. The zero-order valence-corrected chi connectivity index (χ0v) is 14.0. The minimum atomic E-state index is -0.239. The Hall–Kier alpha value is -1.14. The highest BCUT2D eigenvalue weighted by atomic mass is 32.1. The molecule has 0 aliphatic rings. The predicted octanol–water partition coefficient (Wildman–Crippen LogP) is 2.80. The highest BCUT2D eigenvalue weighted by Crippen LogP contribution is 2.15. The van der Waals surface area contributed by atoms with Gasteiger partial charge in [-0.2, -0.15) is 0 Å². The molecule has 0 fully saturated rings. The van der Waals surface area contributed by atoms with E-state index in [4.69, 9.17) is 4.74 Å². The lowest BCUT2D eigenvalue weighted by Gasteiger charge is -2.28. The minimum absolute atomic E-state index is 0.0528. The molecule has 0 radical (unpaired) electrons. The Labute approximate surface area is 125 Å². The fourth-order valence-electron chi connectivity index (χ4n) is 1.99. The third-order valence-corrected chi connectivity index (χ3v) is 3.95. The Morgan fingerprint density at radius 3 is 2.75 bits per heavy atom. The van der Waals surface area contributed by atoms with Crippen LogP contribution < -0.4 is 5.32 Å². The molecule has 114 valence electrons. The Balaban J connectivity index is 2.45. The third-order valence-electron chi connectivity index (χ3n) is 3.13. The average Bonchev–Trinajstić information content (AvgIpc) is 2.73. The first-order valence-electron chi connectivity index (χ1n) is 6.71. The molecular formula is C14H25N3O2S. The van der Waals surface area contributed by atoms with E-state index in [-0.39, 0.29) is 17.7 Å². The SMILES string of the molecule is COC(C)(C)C[C@@H](C)NC(=O)N(C)Cc1csc(C)n1. The molecule has 1 aromatic rings. The number of nitrogens with one attached hydrogen (secondary N) is 1. The molecule has 5 nitrogen and oxygen atoms in total. The van der Waals surface area contributed by atoms with Gasteiger partial charge in [0, 0.05) is 25.6 Å². The summed E-state index contributed by atoms with van der Waals surface area (Å²) in [5, 5.41) is 5.98. The van der Waals surface area contributed by atoms with Gasteiger partial charge >= 0.3 is 6.03 Å². The van der Waals surface area contributed by atoms with Gasteiger partial charge in [0.25, 0.3) is 0 Å². The van der Waals surface area contributed by atoms with Gasteiger partial charge in [-0.25, -0.2) is 9.78 Å². The molecule has 1 heterocycles. The quantitative estimate of drug-likeness (QED) is 0.879. The second-order valence-electron chi connectivity index (χ2n) is 5.73. The monoisotopic (exact) mass is 299 g/mol. The molecule has 1 rings (SSSR count). The van der Waals surface area contributed by atoms with Crippen LogP contribution in [-0.2, 0) is 11.3 Å². The van der Waals surface area contributed by atoms with E-state index in [0.717, 1.165) is 17.1 Å². The number of amides is 2. The second kappa shape index (κ2) is 7.04. The molecule has 1 aromatic heterocycles. The number of urea groups is 1. The first kappa shape index (κ1) is 16.9. The molecule has 0 aliphatic carbocycles. The number of hydrogen-bond donors (Lipinski definition) is 1. The summed E-state index contributed by atoms with van der Waals surface area (Å²) in [7, 11) is 3.46. The summed E-state index contributed by atoms with van der Waals surface area (Å²) in [6.07, 6.45) is 0.763. The zero-order valence-electron chi connectivity index (χ0n) is 13.2. The van der Waals surface area contributed by atoms with E-state index in [1.54, 1.807) is 30.4 Å². The number of thiazole rings is 1. The maximum absolute atomic E-state index is 12.1. The van der Waals surface area contributed by atoms with E-state index in [1.165, 1.54) is 0 Å². The Bertz CT molecular complexity index is 445. The van der Waals surface area contributed by atoms with Crippen LogP contribution in [0.25, 0.3) is 0 Å². The summed E-state index contributed by atoms with van der Waals surface area (Å²) in [6.45, 7) is 8.49. The first-order chi connectivity index (χ1) is 9.23. The molecule has 0 aliphatic heterocycles. The normalized spacial score (nSPS) is 13.1. The van der Waals surface area contributed by atoms with E-state index >= 15 is 0 Å². The van der Waals surface area contributed by atoms with Gasteiger partial charge in [-0.15, -0.1) is 11.3 Å². The van der Waals surface area contributed by atoms with Gasteiger partial charge in [0.05, 0.1) is 22.8 Å². The van der Waals surface area contributed by atoms with Crippen LogP contribution in [0.3, 0.4) is 0 Å².